The second-order valence-electron chi connectivity index (χ2n) is 7.03. The smallest absolute Gasteiger partial charge is 0.139 e. The number of aromatic nitrogens is 2. The van der Waals surface area contributed by atoms with Crippen LogP contribution in [-0.2, 0) is 6.42 Å². The van der Waals surface area contributed by atoms with Crippen LogP contribution in [0.5, 0.6) is 0 Å². The lowest BCUT2D eigenvalue weighted by Crippen LogP contribution is -2.13. The number of para-hydroxylation sites is 1. The molecule has 3 rings (SSSR count). The van der Waals surface area contributed by atoms with E-state index in [1.807, 2.05) is 26.2 Å². The lowest BCUT2D eigenvalue weighted by molar-refractivity contribution is 0.330. The predicted molar refractivity (Wildman–Crippen MR) is 97.8 cm³/mol. The molecule has 1 aromatic carbocycles. The van der Waals surface area contributed by atoms with E-state index in [9.17, 15) is 0 Å². The molecule has 0 atom stereocenters. The quantitative estimate of drug-likeness (QED) is 0.772. The molecule has 1 saturated carbocycles. The molecule has 0 bridgehead atoms. The van der Waals surface area contributed by atoms with Gasteiger partial charge in [-0.2, -0.15) is 0 Å². The molecule has 1 heterocycles. The molecule has 122 valence electrons. The third kappa shape index (κ3) is 3.90. The van der Waals surface area contributed by atoms with Gasteiger partial charge in [-0.25, -0.2) is 9.97 Å². The second kappa shape index (κ2) is 7.12. The summed E-state index contributed by atoms with van der Waals surface area (Å²) >= 11 is 0. The van der Waals surface area contributed by atoms with Crippen LogP contribution in [0.15, 0.2) is 36.4 Å². The number of fused-ring (bicyclic) bond motifs is 1. The summed E-state index contributed by atoms with van der Waals surface area (Å²) in [4.78, 5) is 11.6. The highest BCUT2D eigenvalue weighted by atomic mass is 15.1. The Bertz CT molecular complexity index is 682. The number of rotatable bonds is 4. The molecule has 2 aromatic rings. The highest BCUT2D eigenvalue weighted by Gasteiger charge is 2.15. The molecule has 0 saturated heterocycles. The first-order valence-corrected chi connectivity index (χ1v) is 8.73. The van der Waals surface area contributed by atoms with Gasteiger partial charge in [-0.3, -0.25) is 0 Å². The fraction of sp³-hybridized carbons (Fsp3) is 0.500. The Balaban J connectivity index is 1.75. The minimum atomic E-state index is 0.750. The van der Waals surface area contributed by atoms with Crippen LogP contribution in [0, 0.1) is 11.8 Å². The van der Waals surface area contributed by atoms with Crippen molar-refractivity contribution in [1.82, 2.24) is 9.97 Å². The molecule has 1 aromatic heterocycles. The fourth-order valence-corrected chi connectivity index (χ4v) is 3.38. The van der Waals surface area contributed by atoms with E-state index in [0.29, 0.717) is 0 Å². The van der Waals surface area contributed by atoms with Crippen LogP contribution < -0.4 is 4.90 Å². The van der Waals surface area contributed by atoms with Crippen molar-refractivity contribution < 1.29 is 0 Å². The van der Waals surface area contributed by atoms with Gasteiger partial charge in [-0.1, -0.05) is 44.1 Å². The van der Waals surface area contributed by atoms with E-state index < -0.39 is 0 Å². The molecule has 1 aliphatic carbocycles. The highest BCUT2D eigenvalue weighted by Crippen LogP contribution is 2.29. The third-order valence-corrected chi connectivity index (χ3v) is 4.82. The summed E-state index contributed by atoms with van der Waals surface area (Å²) < 4.78 is 0. The lowest BCUT2D eigenvalue weighted by atomic mass is 9.83. The maximum absolute atomic E-state index is 4.76. The molecule has 0 radical (unpaired) electrons. The van der Waals surface area contributed by atoms with E-state index in [1.165, 1.54) is 25.7 Å². The first kappa shape index (κ1) is 16.0. The van der Waals surface area contributed by atoms with Crippen molar-refractivity contribution in [3.63, 3.8) is 0 Å². The third-order valence-electron chi connectivity index (χ3n) is 4.82. The fourth-order valence-electron chi connectivity index (χ4n) is 3.38. The van der Waals surface area contributed by atoms with Crippen molar-refractivity contribution in [2.45, 2.75) is 39.0 Å². The zero-order valence-corrected chi connectivity index (χ0v) is 14.5. The van der Waals surface area contributed by atoms with Gasteiger partial charge in [0.05, 0.1) is 5.52 Å². The van der Waals surface area contributed by atoms with Crippen molar-refractivity contribution in [2.24, 2.45) is 11.8 Å². The van der Waals surface area contributed by atoms with E-state index in [-0.39, 0.29) is 0 Å². The number of hydrogen-bond acceptors (Lipinski definition) is 3. The summed E-state index contributed by atoms with van der Waals surface area (Å²) in [5.74, 6) is 3.57. The van der Waals surface area contributed by atoms with Crippen LogP contribution in [0.2, 0.25) is 0 Å². The molecule has 3 heteroatoms. The van der Waals surface area contributed by atoms with Crippen LogP contribution in [-0.4, -0.2) is 24.1 Å². The number of allylic oxidation sites excluding steroid dienone is 2. The Kier molecular flexibility index (Phi) is 4.94. The molecule has 0 spiro atoms. The van der Waals surface area contributed by atoms with Crippen molar-refractivity contribution in [1.29, 1.82) is 0 Å². The second-order valence-corrected chi connectivity index (χ2v) is 7.03. The Morgan fingerprint density at radius 3 is 2.57 bits per heavy atom. The predicted octanol–water partition coefficient (Wildman–Crippen LogP) is 4.62. The maximum atomic E-state index is 4.76. The number of benzene rings is 1. The largest absolute Gasteiger partial charge is 0.362 e. The van der Waals surface area contributed by atoms with Crippen LogP contribution in [0.4, 0.5) is 5.82 Å². The zero-order chi connectivity index (χ0) is 16.2. The molecule has 3 nitrogen and oxygen atoms in total. The molecule has 0 unspecified atom stereocenters. The van der Waals surface area contributed by atoms with Crippen molar-refractivity contribution >= 4 is 16.7 Å². The monoisotopic (exact) mass is 309 g/mol. The zero-order valence-electron chi connectivity index (χ0n) is 14.5. The number of nitrogens with zero attached hydrogens (tertiary/aromatic N) is 3. The van der Waals surface area contributed by atoms with E-state index in [2.05, 4.69) is 36.1 Å². The first-order valence-electron chi connectivity index (χ1n) is 8.73. The van der Waals surface area contributed by atoms with E-state index in [4.69, 9.17) is 9.97 Å². The van der Waals surface area contributed by atoms with Crippen LogP contribution in [0.3, 0.4) is 0 Å². The summed E-state index contributed by atoms with van der Waals surface area (Å²) in [6.45, 7) is 2.37. The molecule has 23 heavy (non-hydrogen) atoms. The lowest BCUT2D eigenvalue weighted by Gasteiger charge is -2.23. The number of anilines is 1. The van der Waals surface area contributed by atoms with Gasteiger partial charge < -0.3 is 4.90 Å². The van der Waals surface area contributed by atoms with Gasteiger partial charge in [-0.05, 0) is 36.8 Å². The van der Waals surface area contributed by atoms with E-state index in [0.717, 1.165) is 40.8 Å². The number of hydrogen-bond donors (Lipinski definition) is 0. The van der Waals surface area contributed by atoms with Gasteiger partial charge in [-0.15, -0.1) is 0 Å². The normalized spacial score (nSPS) is 21.9. The minimum absolute atomic E-state index is 0.750. The first-order chi connectivity index (χ1) is 11.1. The van der Waals surface area contributed by atoms with Crippen molar-refractivity contribution in [3.05, 3.63) is 42.2 Å². The average Bonchev–Trinajstić information content (AvgIpc) is 2.56. The van der Waals surface area contributed by atoms with Gasteiger partial charge in [0.2, 0.25) is 0 Å². The molecule has 0 N–H and O–H groups in total. The Hall–Kier alpha value is -1.90. The van der Waals surface area contributed by atoms with Gasteiger partial charge in [0.1, 0.15) is 11.6 Å². The molecule has 1 fully saturated rings. The minimum Gasteiger partial charge on any atom is -0.362 e. The highest BCUT2D eigenvalue weighted by molar-refractivity contribution is 5.89. The SMILES string of the molecule is CC1CCC(/C=C/Cc2nc(N(C)C)c3ccccc3n2)CC1. The van der Waals surface area contributed by atoms with Crippen LogP contribution in [0.25, 0.3) is 10.9 Å². The van der Waals surface area contributed by atoms with Gasteiger partial charge in [0.25, 0.3) is 0 Å². The average molecular weight is 309 g/mol. The maximum Gasteiger partial charge on any atom is 0.139 e. The van der Waals surface area contributed by atoms with E-state index >= 15 is 0 Å². The summed E-state index contributed by atoms with van der Waals surface area (Å²) in [7, 11) is 4.08. The topological polar surface area (TPSA) is 29.0 Å². The van der Waals surface area contributed by atoms with Crippen LogP contribution in [0.1, 0.15) is 38.4 Å². The molecular formula is C20H27N3. The summed E-state index contributed by atoms with van der Waals surface area (Å²) in [6.07, 6.45) is 10.9. The molecule has 1 aliphatic rings. The molecule has 0 amide bonds. The van der Waals surface area contributed by atoms with Gasteiger partial charge in [0, 0.05) is 25.9 Å². The van der Waals surface area contributed by atoms with Crippen molar-refractivity contribution in [2.75, 3.05) is 19.0 Å². The van der Waals surface area contributed by atoms with Gasteiger partial charge in [0.15, 0.2) is 0 Å². The Morgan fingerprint density at radius 1 is 1.09 bits per heavy atom. The standard InChI is InChI=1S/C20H27N3/c1-15-11-13-16(14-12-15)7-6-10-19-21-18-9-5-4-8-17(18)20(22-19)23(2)3/h4-9,15-16H,10-14H2,1-3H3/b7-6+. The Labute approximate surface area is 139 Å². The van der Waals surface area contributed by atoms with Crippen molar-refractivity contribution in [3.8, 4) is 0 Å². The molecule has 0 aliphatic heterocycles. The summed E-state index contributed by atoms with van der Waals surface area (Å²) in [6, 6.07) is 8.24. The molecular weight excluding hydrogens is 282 g/mol. The Morgan fingerprint density at radius 2 is 1.83 bits per heavy atom. The van der Waals surface area contributed by atoms with Crippen LogP contribution >= 0.6 is 0 Å². The van der Waals surface area contributed by atoms with Gasteiger partial charge >= 0.3 is 0 Å². The summed E-state index contributed by atoms with van der Waals surface area (Å²) in [5.41, 5.74) is 1.03. The summed E-state index contributed by atoms with van der Waals surface area (Å²) in [5, 5.41) is 1.12. The van der Waals surface area contributed by atoms with E-state index in [1.54, 1.807) is 0 Å².